The van der Waals surface area contributed by atoms with Crippen LogP contribution in [0, 0.1) is 10.6 Å². The van der Waals surface area contributed by atoms with Crippen molar-refractivity contribution in [1.29, 1.82) is 0 Å². The maximum Gasteiger partial charge on any atom is 0.216 e. The van der Waals surface area contributed by atoms with Crippen molar-refractivity contribution in [3.05, 3.63) is 58.6 Å². The van der Waals surface area contributed by atoms with E-state index in [1.165, 1.54) is 16.8 Å². The van der Waals surface area contributed by atoms with Crippen molar-refractivity contribution in [3.63, 3.8) is 0 Å². The van der Waals surface area contributed by atoms with Gasteiger partial charge in [0, 0.05) is 5.56 Å². The van der Waals surface area contributed by atoms with Gasteiger partial charge in [-0.2, -0.15) is 14.9 Å². The number of ether oxygens (including phenoxy) is 2. The highest BCUT2D eigenvalue weighted by Crippen LogP contribution is 2.27. The summed E-state index contributed by atoms with van der Waals surface area (Å²) in [6.07, 6.45) is 2.54. The van der Waals surface area contributed by atoms with E-state index in [9.17, 15) is 4.39 Å². The molecule has 1 heterocycles. The van der Waals surface area contributed by atoms with Gasteiger partial charge in [0.1, 0.15) is 5.82 Å². The first-order valence-corrected chi connectivity index (χ1v) is 8.81. The Bertz CT molecular complexity index is 1010. The average molecular weight is 386 g/mol. The summed E-state index contributed by atoms with van der Waals surface area (Å²) in [5.74, 6) is 1.36. The minimum absolute atomic E-state index is 0.306. The van der Waals surface area contributed by atoms with Gasteiger partial charge in [0.05, 0.1) is 19.9 Å². The molecule has 0 unspecified atom stereocenters. The number of methoxy groups -OCH3 is 1. The second-order valence-electron chi connectivity index (χ2n) is 5.68. The van der Waals surface area contributed by atoms with Gasteiger partial charge < -0.3 is 9.47 Å². The van der Waals surface area contributed by atoms with Crippen LogP contribution in [0.4, 0.5) is 4.39 Å². The van der Waals surface area contributed by atoms with Crippen LogP contribution in [0.1, 0.15) is 18.9 Å². The van der Waals surface area contributed by atoms with Gasteiger partial charge in [-0.1, -0.05) is 19.1 Å². The molecule has 0 atom stereocenters. The van der Waals surface area contributed by atoms with Crippen LogP contribution in [0.5, 0.6) is 11.5 Å². The molecule has 0 saturated carbocycles. The molecule has 0 aliphatic rings. The Hall–Kier alpha value is -3.00. The molecule has 1 aromatic heterocycles. The fraction of sp³-hybridized carbons (Fsp3) is 0.211. The number of rotatable bonds is 7. The van der Waals surface area contributed by atoms with Gasteiger partial charge >= 0.3 is 0 Å². The molecule has 1 N–H and O–H groups in total. The van der Waals surface area contributed by atoms with Crippen LogP contribution in [-0.4, -0.2) is 34.8 Å². The number of nitrogens with one attached hydrogen (secondary N) is 1. The number of benzene rings is 2. The molecule has 0 aliphatic heterocycles. The highest BCUT2D eigenvalue weighted by molar-refractivity contribution is 7.71. The summed E-state index contributed by atoms with van der Waals surface area (Å²) in [7, 11) is 1.59. The minimum Gasteiger partial charge on any atom is -0.493 e. The zero-order valence-electron chi connectivity index (χ0n) is 15.0. The molecule has 0 spiro atoms. The minimum atomic E-state index is -0.357. The Morgan fingerprint density at radius 2 is 2.11 bits per heavy atom. The third-order valence-corrected chi connectivity index (χ3v) is 3.97. The molecule has 3 aromatic rings. The first-order valence-electron chi connectivity index (χ1n) is 8.41. The smallest absolute Gasteiger partial charge is 0.216 e. The first-order chi connectivity index (χ1) is 13.1. The van der Waals surface area contributed by atoms with E-state index >= 15 is 0 Å². The van der Waals surface area contributed by atoms with Crippen molar-refractivity contribution in [2.45, 2.75) is 13.3 Å². The maximum atomic E-state index is 13.5. The fourth-order valence-corrected chi connectivity index (χ4v) is 2.61. The summed E-state index contributed by atoms with van der Waals surface area (Å²) >= 11 is 5.23. The number of halogens is 1. The molecule has 2 aromatic carbocycles. The Labute approximate surface area is 161 Å². The molecule has 27 heavy (non-hydrogen) atoms. The molecule has 0 radical (unpaired) electrons. The Kier molecular flexibility index (Phi) is 5.97. The van der Waals surface area contributed by atoms with E-state index in [1.807, 2.05) is 25.1 Å². The van der Waals surface area contributed by atoms with Crippen LogP contribution in [-0.2, 0) is 0 Å². The Morgan fingerprint density at radius 3 is 2.85 bits per heavy atom. The Morgan fingerprint density at radius 1 is 1.26 bits per heavy atom. The lowest BCUT2D eigenvalue weighted by molar-refractivity contribution is 0.294. The summed E-state index contributed by atoms with van der Waals surface area (Å²) in [6.45, 7) is 2.66. The zero-order valence-corrected chi connectivity index (χ0v) is 15.8. The number of nitrogens with zero attached hydrogens (tertiary/aromatic N) is 3. The van der Waals surface area contributed by atoms with Gasteiger partial charge in [-0.05, 0) is 54.5 Å². The third kappa shape index (κ3) is 4.40. The van der Waals surface area contributed by atoms with Crippen LogP contribution >= 0.6 is 12.2 Å². The summed E-state index contributed by atoms with van der Waals surface area (Å²) in [6, 6.07) is 11.6. The van der Waals surface area contributed by atoms with Crippen LogP contribution in [0.3, 0.4) is 0 Å². The topological polar surface area (TPSA) is 64.4 Å². The molecular formula is C19H19FN4O2S. The fourth-order valence-electron chi connectivity index (χ4n) is 2.43. The van der Waals surface area contributed by atoms with Crippen molar-refractivity contribution in [2.75, 3.05) is 13.7 Å². The molecule has 0 fully saturated rings. The van der Waals surface area contributed by atoms with Crippen LogP contribution in [0.25, 0.3) is 11.4 Å². The number of aromatic nitrogens is 3. The molecule has 0 bridgehead atoms. The number of hydrogen-bond acceptors (Lipinski definition) is 5. The summed E-state index contributed by atoms with van der Waals surface area (Å²) in [5.41, 5.74) is 1.37. The molecule has 0 aliphatic carbocycles. The molecule has 6 nitrogen and oxygen atoms in total. The van der Waals surface area contributed by atoms with E-state index in [0.29, 0.717) is 34.3 Å². The maximum absolute atomic E-state index is 13.5. The van der Waals surface area contributed by atoms with E-state index in [4.69, 9.17) is 21.7 Å². The molecule has 140 valence electrons. The molecule has 3 rings (SSSR count). The van der Waals surface area contributed by atoms with Crippen molar-refractivity contribution in [2.24, 2.45) is 5.10 Å². The van der Waals surface area contributed by atoms with Gasteiger partial charge in [-0.15, -0.1) is 0 Å². The molecular weight excluding hydrogens is 367 g/mol. The van der Waals surface area contributed by atoms with Crippen molar-refractivity contribution in [1.82, 2.24) is 14.9 Å². The van der Waals surface area contributed by atoms with E-state index in [1.54, 1.807) is 25.5 Å². The van der Waals surface area contributed by atoms with Crippen LogP contribution in [0.2, 0.25) is 0 Å². The van der Waals surface area contributed by atoms with E-state index in [2.05, 4.69) is 15.3 Å². The molecule has 8 heteroatoms. The van der Waals surface area contributed by atoms with Gasteiger partial charge in [0.25, 0.3) is 0 Å². The standard InChI is InChI=1S/C19H19FN4O2S/c1-3-9-26-16-8-7-13(10-17(16)25-2)12-21-24-18(22-23-19(24)27)14-5-4-6-15(20)11-14/h4-8,10-12H,3,9H2,1-2H3,(H,23,27)/b21-12-. The van der Waals surface area contributed by atoms with Crippen LogP contribution < -0.4 is 9.47 Å². The first kappa shape index (κ1) is 18.8. The lowest BCUT2D eigenvalue weighted by atomic mass is 10.2. The van der Waals surface area contributed by atoms with Crippen LogP contribution in [0.15, 0.2) is 47.6 Å². The van der Waals surface area contributed by atoms with E-state index < -0.39 is 0 Å². The second kappa shape index (κ2) is 8.59. The highest BCUT2D eigenvalue weighted by atomic mass is 32.1. The highest BCUT2D eigenvalue weighted by Gasteiger charge is 2.09. The molecule has 0 saturated heterocycles. The average Bonchev–Trinajstić information content (AvgIpc) is 3.05. The van der Waals surface area contributed by atoms with Crippen molar-refractivity contribution >= 4 is 18.4 Å². The largest absolute Gasteiger partial charge is 0.493 e. The lowest BCUT2D eigenvalue weighted by Gasteiger charge is -2.10. The quantitative estimate of drug-likeness (QED) is 0.482. The SMILES string of the molecule is CCCOc1ccc(/C=N\n2c(-c3cccc(F)c3)n[nH]c2=S)cc1OC. The Balaban J connectivity index is 1.91. The molecule has 0 amide bonds. The monoisotopic (exact) mass is 386 g/mol. The van der Waals surface area contributed by atoms with E-state index in [-0.39, 0.29) is 5.82 Å². The third-order valence-electron chi connectivity index (χ3n) is 3.70. The van der Waals surface area contributed by atoms with Crippen molar-refractivity contribution in [3.8, 4) is 22.9 Å². The van der Waals surface area contributed by atoms with Crippen molar-refractivity contribution < 1.29 is 13.9 Å². The lowest BCUT2D eigenvalue weighted by Crippen LogP contribution is -1.99. The van der Waals surface area contributed by atoms with Gasteiger partial charge in [-0.3, -0.25) is 0 Å². The van der Waals surface area contributed by atoms with Gasteiger partial charge in [0.2, 0.25) is 4.77 Å². The zero-order chi connectivity index (χ0) is 19.2. The van der Waals surface area contributed by atoms with Gasteiger partial charge in [0.15, 0.2) is 17.3 Å². The number of H-pyrrole nitrogens is 1. The number of aromatic amines is 1. The predicted octanol–water partition coefficient (Wildman–Crippen LogP) is 4.43. The predicted molar refractivity (Wildman–Crippen MR) is 105 cm³/mol. The van der Waals surface area contributed by atoms with E-state index in [0.717, 1.165) is 12.0 Å². The summed E-state index contributed by atoms with van der Waals surface area (Å²) in [4.78, 5) is 0. The summed E-state index contributed by atoms with van der Waals surface area (Å²) in [5, 5.41) is 11.2. The second-order valence-corrected chi connectivity index (χ2v) is 6.06. The number of hydrogen-bond donors (Lipinski definition) is 1. The van der Waals surface area contributed by atoms with Gasteiger partial charge in [-0.25, -0.2) is 9.49 Å². The normalized spacial score (nSPS) is 11.1. The summed E-state index contributed by atoms with van der Waals surface area (Å²) < 4.78 is 26.3.